The highest BCUT2D eigenvalue weighted by molar-refractivity contribution is 7.91. The Morgan fingerprint density at radius 1 is 1.09 bits per heavy atom. The van der Waals surface area contributed by atoms with Gasteiger partial charge in [-0.25, -0.2) is 23.4 Å². The first kappa shape index (κ1) is 21.7. The van der Waals surface area contributed by atoms with E-state index in [9.17, 15) is 26.4 Å². The quantitative estimate of drug-likeness (QED) is 0.461. The third kappa shape index (κ3) is 3.66. The van der Waals surface area contributed by atoms with Crippen LogP contribution in [0.2, 0.25) is 0 Å². The molecule has 0 bridgehead atoms. The fourth-order valence-corrected chi connectivity index (χ4v) is 4.27. The van der Waals surface area contributed by atoms with Crippen molar-refractivity contribution in [3.63, 3.8) is 0 Å². The molecule has 0 saturated carbocycles. The molecular weight excluding hydrogens is 447 g/mol. The van der Waals surface area contributed by atoms with Crippen LogP contribution in [0, 0.1) is 0 Å². The Kier molecular flexibility index (Phi) is 5.12. The Hall–Kier alpha value is -3.54. The lowest BCUT2D eigenvalue weighted by Crippen LogP contribution is -2.17. The van der Waals surface area contributed by atoms with Crippen LogP contribution in [0.25, 0.3) is 28.2 Å². The zero-order valence-electron chi connectivity index (χ0n) is 16.8. The summed E-state index contributed by atoms with van der Waals surface area (Å²) in [5, 5.41) is 0. The number of aryl methyl sites for hydroxylation is 1. The predicted molar refractivity (Wildman–Crippen MR) is 110 cm³/mol. The van der Waals surface area contributed by atoms with Crippen LogP contribution in [0.15, 0.2) is 58.6 Å². The fourth-order valence-electron chi connectivity index (χ4n) is 3.22. The number of sulfone groups is 1. The molecule has 0 saturated heterocycles. The van der Waals surface area contributed by atoms with Gasteiger partial charge in [-0.2, -0.15) is 13.2 Å². The lowest BCUT2D eigenvalue weighted by atomic mass is 10.3. The second-order valence-corrected chi connectivity index (χ2v) is 9.15. The van der Waals surface area contributed by atoms with Crippen molar-refractivity contribution in [2.75, 3.05) is 5.75 Å². The zero-order chi connectivity index (χ0) is 23.3. The topological polar surface area (TPSA) is 99.7 Å². The molecule has 0 fully saturated rings. The number of alkyl halides is 3. The fraction of sp³-hybridized carbons (Fsp3) is 0.200. The van der Waals surface area contributed by atoms with E-state index < -0.39 is 21.7 Å². The van der Waals surface area contributed by atoms with Crippen LogP contribution in [-0.2, 0) is 23.1 Å². The van der Waals surface area contributed by atoms with E-state index in [-0.39, 0.29) is 44.4 Å². The molecular formula is C20H16F3N5O3S. The molecule has 4 rings (SSSR count). The maximum Gasteiger partial charge on any atom is 0.433 e. The standard InChI is InChI=1S/C20H16F3N5O3S/c1-3-32(30,31)15-8-12(28-7-5-4-6-17(28)29)10-25-18(15)19-26-13-9-16(20(21,22)23)24-11-14(13)27(19)2/h4-11H,3H2,1-2H3. The van der Waals surface area contributed by atoms with Gasteiger partial charge in [-0.3, -0.25) is 9.36 Å². The molecule has 0 N–H and O–H groups in total. The maximum atomic E-state index is 13.0. The van der Waals surface area contributed by atoms with Crippen molar-refractivity contribution in [2.24, 2.45) is 7.05 Å². The number of hydrogen-bond donors (Lipinski definition) is 0. The summed E-state index contributed by atoms with van der Waals surface area (Å²) in [5.41, 5.74) is -1.02. The van der Waals surface area contributed by atoms with Crippen molar-refractivity contribution in [1.29, 1.82) is 0 Å². The molecule has 0 aliphatic rings. The molecule has 12 heteroatoms. The molecule has 0 atom stereocenters. The van der Waals surface area contributed by atoms with Gasteiger partial charge in [0.15, 0.2) is 15.7 Å². The second kappa shape index (κ2) is 7.55. The van der Waals surface area contributed by atoms with Gasteiger partial charge in [-0.15, -0.1) is 0 Å². The van der Waals surface area contributed by atoms with Gasteiger partial charge in [-0.1, -0.05) is 13.0 Å². The summed E-state index contributed by atoms with van der Waals surface area (Å²) in [5.74, 6) is -0.196. The summed E-state index contributed by atoms with van der Waals surface area (Å²) in [7, 11) is -2.31. The van der Waals surface area contributed by atoms with Crippen LogP contribution in [-0.4, -0.2) is 38.3 Å². The Morgan fingerprint density at radius 2 is 1.84 bits per heavy atom. The van der Waals surface area contributed by atoms with Crippen molar-refractivity contribution < 1.29 is 21.6 Å². The van der Waals surface area contributed by atoms with E-state index in [4.69, 9.17) is 0 Å². The molecule has 0 spiro atoms. The maximum absolute atomic E-state index is 13.0. The lowest BCUT2D eigenvalue weighted by Gasteiger charge is -2.12. The van der Waals surface area contributed by atoms with Crippen LogP contribution in [0.1, 0.15) is 12.6 Å². The van der Waals surface area contributed by atoms with Crippen LogP contribution >= 0.6 is 0 Å². The molecule has 0 aliphatic carbocycles. The molecule has 166 valence electrons. The molecule has 4 aromatic rings. The Labute approximate surface area is 179 Å². The van der Waals surface area contributed by atoms with Crippen molar-refractivity contribution >= 4 is 20.9 Å². The Bertz CT molecular complexity index is 1510. The van der Waals surface area contributed by atoms with E-state index in [1.165, 1.54) is 47.6 Å². The van der Waals surface area contributed by atoms with Crippen LogP contribution in [0.4, 0.5) is 13.2 Å². The number of rotatable bonds is 4. The highest BCUT2D eigenvalue weighted by Gasteiger charge is 2.33. The van der Waals surface area contributed by atoms with Gasteiger partial charge < -0.3 is 4.57 Å². The van der Waals surface area contributed by atoms with E-state index in [2.05, 4.69) is 15.0 Å². The van der Waals surface area contributed by atoms with Crippen LogP contribution < -0.4 is 5.56 Å². The molecule has 4 heterocycles. The molecule has 0 amide bonds. The van der Waals surface area contributed by atoms with E-state index in [1.54, 1.807) is 12.1 Å². The number of hydrogen-bond acceptors (Lipinski definition) is 6. The number of imidazole rings is 1. The highest BCUT2D eigenvalue weighted by Crippen LogP contribution is 2.32. The summed E-state index contributed by atoms with van der Waals surface area (Å²) in [6.07, 6.45) is -0.836. The number of halogens is 3. The monoisotopic (exact) mass is 463 g/mol. The summed E-state index contributed by atoms with van der Waals surface area (Å²) in [6, 6.07) is 6.58. The average molecular weight is 463 g/mol. The van der Waals surface area contributed by atoms with Gasteiger partial charge >= 0.3 is 6.18 Å². The molecule has 4 aromatic heterocycles. The summed E-state index contributed by atoms with van der Waals surface area (Å²) < 4.78 is 67.5. The number of pyridine rings is 3. The first-order valence-corrected chi connectivity index (χ1v) is 11.0. The van der Waals surface area contributed by atoms with Crippen molar-refractivity contribution in [1.82, 2.24) is 24.1 Å². The van der Waals surface area contributed by atoms with Crippen LogP contribution in [0.5, 0.6) is 0 Å². The molecule has 8 nitrogen and oxygen atoms in total. The third-order valence-corrected chi connectivity index (χ3v) is 6.66. The van der Waals surface area contributed by atoms with E-state index in [0.29, 0.717) is 0 Å². The second-order valence-electron chi connectivity index (χ2n) is 6.90. The van der Waals surface area contributed by atoms with Crippen molar-refractivity contribution in [3.05, 3.63) is 65.0 Å². The third-order valence-electron chi connectivity index (χ3n) is 4.92. The summed E-state index contributed by atoms with van der Waals surface area (Å²) >= 11 is 0. The van der Waals surface area contributed by atoms with Gasteiger partial charge in [0.1, 0.15) is 11.4 Å². The summed E-state index contributed by atoms with van der Waals surface area (Å²) in [4.78, 5) is 23.9. The first-order chi connectivity index (χ1) is 15.0. The van der Waals surface area contributed by atoms with E-state index in [1.807, 2.05) is 0 Å². The molecule has 0 aliphatic heterocycles. The van der Waals surface area contributed by atoms with Gasteiger partial charge in [0, 0.05) is 19.3 Å². The first-order valence-electron chi connectivity index (χ1n) is 9.34. The average Bonchev–Trinajstić information content (AvgIpc) is 3.09. The predicted octanol–water partition coefficient (Wildman–Crippen LogP) is 2.99. The molecule has 0 aromatic carbocycles. The van der Waals surface area contributed by atoms with Gasteiger partial charge in [0.25, 0.3) is 5.56 Å². The van der Waals surface area contributed by atoms with E-state index in [0.717, 1.165) is 12.3 Å². The number of fused-ring (bicyclic) bond motifs is 1. The minimum Gasteiger partial charge on any atom is -0.324 e. The lowest BCUT2D eigenvalue weighted by molar-refractivity contribution is -0.141. The van der Waals surface area contributed by atoms with Crippen molar-refractivity contribution in [2.45, 2.75) is 18.0 Å². The molecule has 32 heavy (non-hydrogen) atoms. The van der Waals surface area contributed by atoms with Gasteiger partial charge in [0.05, 0.1) is 39.8 Å². The molecule has 0 unspecified atom stereocenters. The number of aromatic nitrogens is 5. The minimum atomic E-state index is -4.65. The van der Waals surface area contributed by atoms with Gasteiger partial charge in [-0.05, 0) is 18.2 Å². The minimum absolute atomic E-state index is 0.00479. The summed E-state index contributed by atoms with van der Waals surface area (Å²) in [6.45, 7) is 1.45. The van der Waals surface area contributed by atoms with Crippen molar-refractivity contribution in [3.8, 4) is 17.2 Å². The van der Waals surface area contributed by atoms with Crippen LogP contribution in [0.3, 0.4) is 0 Å². The highest BCUT2D eigenvalue weighted by atomic mass is 32.2. The smallest absolute Gasteiger partial charge is 0.324 e. The number of nitrogens with zero attached hydrogens (tertiary/aromatic N) is 5. The molecule has 0 radical (unpaired) electrons. The Balaban J connectivity index is 1.97. The normalized spacial score (nSPS) is 12.4. The van der Waals surface area contributed by atoms with Gasteiger partial charge in [0.2, 0.25) is 0 Å². The Morgan fingerprint density at radius 3 is 2.50 bits per heavy atom. The zero-order valence-corrected chi connectivity index (χ0v) is 17.6. The largest absolute Gasteiger partial charge is 0.433 e. The SMILES string of the molecule is CCS(=O)(=O)c1cc(-n2ccccc2=O)cnc1-c1nc2cc(C(F)(F)F)ncc2n1C. The van der Waals surface area contributed by atoms with E-state index >= 15 is 0 Å².